The summed E-state index contributed by atoms with van der Waals surface area (Å²) >= 11 is 1.11. The van der Waals surface area contributed by atoms with Crippen molar-refractivity contribution in [2.24, 2.45) is 0 Å². The Labute approximate surface area is 125 Å². The normalized spacial score (nSPS) is 10.5. The van der Waals surface area contributed by atoms with Crippen LogP contribution in [0.5, 0.6) is 0 Å². The Morgan fingerprint density at radius 3 is 2.67 bits per heavy atom. The number of aromatic nitrogens is 1. The van der Waals surface area contributed by atoms with Gasteiger partial charge in [0.1, 0.15) is 15.7 Å². The van der Waals surface area contributed by atoms with E-state index in [1.165, 1.54) is 13.0 Å². The van der Waals surface area contributed by atoms with E-state index in [0.717, 1.165) is 11.3 Å². The Hall–Kier alpha value is -2.08. The van der Waals surface area contributed by atoms with E-state index in [-0.39, 0.29) is 28.8 Å². The summed E-state index contributed by atoms with van der Waals surface area (Å²) in [5.41, 5.74) is 1.16. The van der Waals surface area contributed by atoms with Crippen molar-refractivity contribution >= 4 is 23.1 Å². The molecule has 0 radical (unpaired) electrons. The molecule has 1 aromatic carbocycles. The summed E-state index contributed by atoms with van der Waals surface area (Å²) in [7, 11) is 0. The minimum atomic E-state index is -0.621. The van der Waals surface area contributed by atoms with E-state index in [4.69, 9.17) is 4.74 Å². The molecule has 0 bridgehead atoms. The zero-order valence-corrected chi connectivity index (χ0v) is 12.7. The maximum atomic E-state index is 13.3. The molecule has 0 N–H and O–H groups in total. The van der Waals surface area contributed by atoms with Gasteiger partial charge in [0.05, 0.1) is 6.61 Å². The van der Waals surface area contributed by atoms with E-state index in [1.54, 1.807) is 26.0 Å². The molecule has 0 aliphatic rings. The van der Waals surface area contributed by atoms with Crippen LogP contribution in [-0.4, -0.2) is 23.3 Å². The Bertz CT molecular complexity index is 709. The lowest BCUT2D eigenvalue weighted by atomic mass is 10.1. The van der Waals surface area contributed by atoms with Gasteiger partial charge in [0, 0.05) is 12.5 Å². The third-order valence-corrected chi connectivity index (χ3v) is 4.03. The van der Waals surface area contributed by atoms with Crippen molar-refractivity contribution in [3.05, 3.63) is 40.2 Å². The molecule has 0 atom stereocenters. The fourth-order valence-corrected chi connectivity index (χ4v) is 2.74. The molecule has 0 aliphatic heterocycles. The number of carbonyl (C=O) groups is 2. The highest BCUT2D eigenvalue weighted by Crippen LogP contribution is 2.30. The molecule has 0 spiro atoms. The van der Waals surface area contributed by atoms with Crippen molar-refractivity contribution in [3.8, 4) is 10.6 Å². The quantitative estimate of drug-likeness (QED) is 0.639. The summed E-state index contributed by atoms with van der Waals surface area (Å²) < 4.78 is 18.2. The van der Waals surface area contributed by atoms with Gasteiger partial charge in [-0.3, -0.25) is 4.79 Å². The van der Waals surface area contributed by atoms with E-state index in [9.17, 15) is 14.0 Å². The molecule has 2 rings (SSSR count). The van der Waals surface area contributed by atoms with Gasteiger partial charge in [0.15, 0.2) is 11.5 Å². The number of carbonyl (C=O) groups excluding carboxylic acids is 2. The van der Waals surface area contributed by atoms with Gasteiger partial charge in [0.2, 0.25) is 0 Å². The second-order valence-corrected chi connectivity index (χ2v) is 5.44. The Morgan fingerprint density at radius 1 is 1.38 bits per heavy atom. The second kappa shape index (κ2) is 6.13. The molecule has 2 aromatic rings. The number of thiazole rings is 1. The summed E-state index contributed by atoms with van der Waals surface area (Å²) in [6.45, 7) is 4.90. The Morgan fingerprint density at radius 2 is 2.10 bits per heavy atom. The van der Waals surface area contributed by atoms with Crippen molar-refractivity contribution in [1.29, 1.82) is 0 Å². The van der Waals surface area contributed by atoms with Gasteiger partial charge < -0.3 is 4.74 Å². The molecular formula is C15H14FNO3S. The van der Waals surface area contributed by atoms with Crippen LogP contribution in [0.2, 0.25) is 0 Å². The van der Waals surface area contributed by atoms with Crippen LogP contribution in [0.25, 0.3) is 10.6 Å². The van der Waals surface area contributed by atoms with Crippen LogP contribution in [0, 0.1) is 12.7 Å². The predicted molar refractivity (Wildman–Crippen MR) is 78.2 cm³/mol. The van der Waals surface area contributed by atoms with Crippen LogP contribution in [0.3, 0.4) is 0 Å². The highest BCUT2D eigenvalue weighted by molar-refractivity contribution is 7.17. The molecule has 0 amide bonds. The minimum absolute atomic E-state index is 0.0197. The topological polar surface area (TPSA) is 56.3 Å². The molecule has 1 aromatic heterocycles. The first-order valence-electron chi connectivity index (χ1n) is 6.39. The first-order chi connectivity index (χ1) is 9.93. The van der Waals surface area contributed by atoms with Crippen LogP contribution in [0.1, 0.15) is 39.6 Å². The van der Waals surface area contributed by atoms with E-state index >= 15 is 0 Å². The first kappa shape index (κ1) is 15.3. The molecule has 0 saturated heterocycles. The number of nitrogens with zero attached hydrogens (tertiary/aromatic N) is 1. The van der Waals surface area contributed by atoms with Crippen molar-refractivity contribution in [2.75, 3.05) is 6.61 Å². The highest BCUT2D eigenvalue weighted by atomic mass is 32.1. The van der Waals surface area contributed by atoms with Crippen LogP contribution < -0.4 is 0 Å². The van der Waals surface area contributed by atoms with Crippen molar-refractivity contribution in [1.82, 2.24) is 4.98 Å². The Kier molecular flexibility index (Phi) is 4.47. The molecular weight excluding hydrogens is 293 g/mol. The number of ether oxygens (including phenoxy) is 1. The van der Waals surface area contributed by atoms with Crippen molar-refractivity contribution in [2.45, 2.75) is 20.8 Å². The van der Waals surface area contributed by atoms with Crippen LogP contribution in [0.15, 0.2) is 18.2 Å². The molecule has 0 saturated carbocycles. The van der Waals surface area contributed by atoms with Gasteiger partial charge in [-0.2, -0.15) is 0 Å². The van der Waals surface area contributed by atoms with Crippen LogP contribution in [0.4, 0.5) is 4.39 Å². The standard InChI is InChI=1S/C15H14FNO3S/c1-4-20-15(19)12-13(9(3)18)21-14(17-12)10-5-6-11(16)8(2)7-10/h5-7H,4H2,1-3H3. The lowest BCUT2D eigenvalue weighted by Gasteiger charge is -2.00. The van der Waals surface area contributed by atoms with Gasteiger partial charge in [-0.25, -0.2) is 14.2 Å². The number of hydrogen-bond donors (Lipinski definition) is 0. The van der Waals surface area contributed by atoms with E-state index < -0.39 is 5.97 Å². The van der Waals surface area contributed by atoms with Gasteiger partial charge in [0.25, 0.3) is 0 Å². The van der Waals surface area contributed by atoms with E-state index in [0.29, 0.717) is 16.1 Å². The first-order valence-corrected chi connectivity index (χ1v) is 7.21. The monoisotopic (exact) mass is 307 g/mol. The van der Waals surface area contributed by atoms with Gasteiger partial charge in [-0.05, 0) is 37.6 Å². The number of aryl methyl sites for hydroxylation is 1. The molecule has 0 unspecified atom stereocenters. The number of rotatable bonds is 4. The van der Waals surface area contributed by atoms with Crippen molar-refractivity contribution in [3.63, 3.8) is 0 Å². The number of benzene rings is 1. The van der Waals surface area contributed by atoms with Gasteiger partial charge >= 0.3 is 5.97 Å². The predicted octanol–water partition coefficient (Wildman–Crippen LogP) is 3.64. The summed E-state index contributed by atoms with van der Waals surface area (Å²) in [6, 6.07) is 4.54. The number of Topliss-reactive ketones (excluding diaryl/α,β-unsaturated/α-hetero) is 1. The van der Waals surface area contributed by atoms with E-state index in [1.807, 2.05) is 0 Å². The lowest BCUT2D eigenvalue weighted by molar-refractivity contribution is 0.0517. The fourth-order valence-electron chi connectivity index (χ4n) is 1.80. The average molecular weight is 307 g/mol. The third-order valence-electron chi connectivity index (χ3n) is 2.82. The largest absolute Gasteiger partial charge is 0.461 e. The number of esters is 1. The van der Waals surface area contributed by atoms with Crippen molar-refractivity contribution < 1.29 is 18.7 Å². The van der Waals surface area contributed by atoms with Crippen LogP contribution in [-0.2, 0) is 4.74 Å². The third kappa shape index (κ3) is 3.16. The second-order valence-electron chi connectivity index (χ2n) is 4.44. The zero-order chi connectivity index (χ0) is 15.6. The maximum Gasteiger partial charge on any atom is 0.358 e. The summed E-state index contributed by atoms with van der Waals surface area (Å²) in [5, 5.41) is 0.492. The Balaban J connectivity index is 2.50. The van der Waals surface area contributed by atoms with Crippen LogP contribution >= 0.6 is 11.3 Å². The maximum absolute atomic E-state index is 13.3. The smallest absolute Gasteiger partial charge is 0.358 e. The van der Waals surface area contributed by atoms with E-state index in [2.05, 4.69) is 4.98 Å². The number of halogens is 1. The molecule has 0 fully saturated rings. The molecule has 21 heavy (non-hydrogen) atoms. The highest BCUT2D eigenvalue weighted by Gasteiger charge is 2.22. The molecule has 1 heterocycles. The number of ketones is 1. The summed E-state index contributed by atoms with van der Waals surface area (Å²) in [5.74, 6) is -1.18. The number of hydrogen-bond acceptors (Lipinski definition) is 5. The summed E-state index contributed by atoms with van der Waals surface area (Å²) in [6.07, 6.45) is 0. The minimum Gasteiger partial charge on any atom is -0.461 e. The SMILES string of the molecule is CCOC(=O)c1nc(-c2ccc(F)c(C)c2)sc1C(C)=O. The zero-order valence-electron chi connectivity index (χ0n) is 11.9. The fraction of sp³-hybridized carbons (Fsp3) is 0.267. The summed E-state index contributed by atoms with van der Waals surface area (Å²) in [4.78, 5) is 27.9. The lowest BCUT2D eigenvalue weighted by Crippen LogP contribution is -2.09. The van der Waals surface area contributed by atoms with Gasteiger partial charge in [-0.15, -0.1) is 11.3 Å². The van der Waals surface area contributed by atoms with Gasteiger partial charge in [-0.1, -0.05) is 0 Å². The average Bonchev–Trinajstić information content (AvgIpc) is 2.87. The molecule has 110 valence electrons. The molecule has 6 heteroatoms. The molecule has 0 aliphatic carbocycles. The molecule has 4 nitrogen and oxygen atoms in total.